The molecule has 0 bridgehead atoms. The average Bonchev–Trinajstić information content (AvgIpc) is 1.63. The molecule has 0 saturated carbocycles. The average molecular weight is 1650 g/mol. The van der Waals surface area contributed by atoms with E-state index < -0.39 is 19.9 Å². The van der Waals surface area contributed by atoms with Crippen LogP contribution in [0.15, 0.2) is 194 Å². The minimum Gasteiger partial charge on any atom is -0.508 e. The quantitative estimate of drug-likeness (QED) is 0.0302. The third-order valence-corrected chi connectivity index (χ3v) is 21.2. The Labute approximate surface area is 702 Å². The van der Waals surface area contributed by atoms with Gasteiger partial charge in [-0.15, -0.1) is 11.6 Å². The highest BCUT2D eigenvalue weighted by Crippen LogP contribution is 2.35. The molecular formula is C92H78ClN15O12S. The zero-order valence-electron chi connectivity index (χ0n) is 67.3. The molecule has 0 aliphatic heterocycles. The Kier molecular flexibility index (Phi) is 28.9. The SMILES string of the molecule is CCn1c(C#Cc2ccc(N(C)S(=O)(=O)CC)cc2)c(C#N)c2ccc(OC)cc21.CCn1c(C#Cc2ccc(NC(=O)NCCCl)cc2)c(C#N)c2ccc(OC)cc21.CCn1c(C#Cc2cccc(O)c2)c(C#N)c2ccc(OC)cc21.COc1ccc(-n2cc(C#N)c3ccc([N+](=O)[O-])cc32)cc1.Cc1[nH]c2cc([N+](=O)[O-])ccc2c1C#N. The zero-order chi connectivity index (χ0) is 87.2. The number of sulfonamides is 1. The van der Waals surface area contributed by atoms with Crippen molar-refractivity contribution >= 4 is 105 Å². The lowest BCUT2D eigenvalue weighted by atomic mass is 10.1. The molecule has 14 aromatic rings. The molecule has 0 fully saturated rings. The number of anilines is 2. The summed E-state index contributed by atoms with van der Waals surface area (Å²) in [5, 5.41) is 87.5. The number of phenolic OH excluding ortho intramolecular Hbond substituents is 1. The lowest BCUT2D eigenvalue weighted by molar-refractivity contribution is -0.384. The maximum Gasteiger partial charge on any atom is 0.319 e. The van der Waals surface area contributed by atoms with E-state index in [2.05, 4.69) is 81.5 Å². The molecule has 0 spiro atoms. The number of non-ortho nitro benzene ring substituents is 2. The van der Waals surface area contributed by atoms with Gasteiger partial charge >= 0.3 is 6.03 Å². The van der Waals surface area contributed by atoms with Crippen molar-refractivity contribution in [1.82, 2.24) is 28.6 Å². The summed E-state index contributed by atoms with van der Waals surface area (Å²) < 4.78 is 54.1. The van der Waals surface area contributed by atoms with Crippen LogP contribution in [0.5, 0.6) is 28.7 Å². The van der Waals surface area contributed by atoms with Crippen LogP contribution in [0.2, 0.25) is 0 Å². The summed E-state index contributed by atoms with van der Waals surface area (Å²) in [6, 6.07) is 64.7. The first kappa shape index (κ1) is 87.3. The van der Waals surface area contributed by atoms with Gasteiger partial charge in [-0.05, 0) is 192 Å². The van der Waals surface area contributed by atoms with Crippen LogP contribution in [0.4, 0.5) is 27.5 Å². The number of nitrogens with one attached hydrogen (secondary N) is 3. The Morgan fingerprint density at radius 1 is 0.521 bits per heavy atom. The number of amides is 2. The van der Waals surface area contributed by atoms with Gasteiger partial charge in [0.15, 0.2) is 0 Å². The number of urea groups is 1. The van der Waals surface area contributed by atoms with Gasteiger partial charge in [-0.25, -0.2) is 13.2 Å². The summed E-state index contributed by atoms with van der Waals surface area (Å²) in [6.45, 7) is 11.8. The number of nitro groups is 2. The van der Waals surface area contributed by atoms with Gasteiger partial charge in [0.25, 0.3) is 11.4 Å². The Morgan fingerprint density at radius 3 is 1.38 bits per heavy atom. The standard InChI is InChI=1S/C23H21ClN4O2.C23H23N3O3S.C20H16N2O2.C16H11N3O3.C10H7N3O2/c1-3-28-21(20(15-25)19-10-9-18(30-2)14-22(19)28)11-6-16-4-7-17(8-5-16)27-23(29)26-13-12-24;1-5-26-22(21(16-24)20-13-12-19(29-4)15-23(20)26)14-9-17-7-10-18(11-8-17)25(3)30(27,28)6-2;1-3-22-19(10-7-14-5-4-6-15(23)11-14)18(13-21)17-9-8-16(24-2)12-20(17)22;1-22-14-5-2-12(3-6-14)18-10-11(9-17)15-7-4-13(19(20)21)8-16(15)18;1-6-9(5-11)8-3-2-7(13(14)15)4-10(8)12-6/h4-5,7-10,14H,3,12-13H2,1-2H3,(H2,26,27,29);7-8,10-13,15H,5-6H2,1-4H3;4-6,8-9,11-12,23H,3H2,1-2H3;2-8,10H,1H3;2-4,12H,1H3. The number of aromatic amines is 1. The van der Waals surface area contributed by atoms with Crippen LogP contribution in [-0.2, 0) is 29.7 Å². The number of benzene rings is 9. The number of phenols is 1. The molecule has 27 nitrogen and oxygen atoms in total. The first-order valence-corrected chi connectivity index (χ1v) is 39.5. The molecule has 0 atom stereocenters. The van der Waals surface area contributed by atoms with E-state index in [0.717, 1.165) is 77.9 Å². The van der Waals surface area contributed by atoms with E-state index in [0.29, 0.717) is 116 Å². The number of aryl methyl sites for hydroxylation is 4. The number of methoxy groups -OCH3 is 4. The van der Waals surface area contributed by atoms with Crippen molar-refractivity contribution in [3.63, 3.8) is 0 Å². The Morgan fingerprint density at radius 2 is 0.959 bits per heavy atom. The summed E-state index contributed by atoms with van der Waals surface area (Å²) in [5.41, 5.74) is 13.6. The second-order valence-electron chi connectivity index (χ2n) is 26.2. The van der Waals surface area contributed by atoms with E-state index in [9.17, 15) is 59.6 Å². The molecule has 121 heavy (non-hydrogen) atoms. The molecule has 9 aromatic carbocycles. The van der Waals surface area contributed by atoms with Crippen molar-refractivity contribution in [2.24, 2.45) is 0 Å². The van der Waals surface area contributed by atoms with Gasteiger partial charge in [-0.3, -0.25) is 24.5 Å². The molecule has 606 valence electrons. The summed E-state index contributed by atoms with van der Waals surface area (Å²) >= 11 is 5.55. The Balaban J connectivity index is 0.000000161. The highest BCUT2D eigenvalue weighted by atomic mass is 35.5. The zero-order valence-corrected chi connectivity index (χ0v) is 68.9. The normalized spacial score (nSPS) is 10.3. The van der Waals surface area contributed by atoms with Gasteiger partial charge in [0.05, 0.1) is 105 Å². The largest absolute Gasteiger partial charge is 0.508 e. The number of aromatic hydroxyl groups is 1. The van der Waals surface area contributed by atoms with E-state index in [-0.39, 0.29) is 28.9 Å². The number of fused-ring (bicyclic) bond motifs is 5. The number of nitro benzene ring substituents is 2. The molecule has 0 unspecified atom stereocenters. The second-order valence-corrected chi connectivity index (χ2v) is 28.8. The third-order valence-electron chi connectivity index (χ3n) is 19.2. The Bertz CT molecular complexity index is 6850. The maximum atomic E-state index is 12.0. The molecule has 5 aromatic heterocycles. The van der Waals surface area contributed by atoms with Crippen molar-refractivity contribution in [2.45, 2.75) is 54.3 Å². The van der Waals surface area contributed by atoms with Crippen LogP contribution >= 0.6 is 11.6 Å². The monoisotopic (exact) mass is 1650 g/mol. The predicted molar refractivity (Wildman–Crippen MR) is 467 cm³/mol. The van der Waals surface area contributed by atoms with E-state index in [4.69, 9.17) is 35.8 Å². The number of rotatable bonds is 16. The molecule has 2 amide bonds. The third kappa shape index (κ3) is 19.9. The predicted octanol–water partition coefficient (Wildman–Crippen LogP) is 17.4. The summed E-state index contributed by atoms with van der Waals surface area (Å²) in [5.74, 6) is 22.1. The van der Waals surface area contributed by atoms with Gasteiger partial charge < -0.3 is 57.9 Å². The number of carbonyl (C=O) groups is 1. The minimum absolute atomic E-state index is 0.00940. The number of hydrogen-bond acceptors (Lipinski definition) is 17. The molecule has 0 aliphatic rings. The molecule has 0 aliphatic carbocycles. The fourth-order valence-corrected chi connectivity index (χ4v) is 14.0. The molecule has 14 rings (SSSR count). The topological polar surface area (TPSA) is 376 Å². The molecular weight excluding hydrogens is 1570 g/mol. The summed E-state index contributed by atoms with van der Waals surface area (Å²) in [7, 11) is 4.65. The highest BCUT2D eigenvalue weighted by Gasteiger charge is 2.22. The fraction of sp³-hybridized carbons (Fsp3) is 0.174. The summed E-state index contributed by atoms with van der Waals surface area (Å²) in [4.78, 5) is 35.2. The van der Waals surface area contributed by atoms with Crippen molar-refractivity contribution in [3.8, 4) is 100 Å². The van der Waals surface area contributed by atoms with Crippen molar-refractivity contribution in [1.29, 1.82) is 26.3 Å². The van der Waals surface area contributed by atoms with Crippen LogP contribution in [0.25, 0.3) is 60.2 Å². The number of halogens is 1. The van der Waals surface area contributed by atoms with Gasteiger partial charge in [0.2, 0.25) is 10.0 Å². The van der Waals surface area contributed by atoms with Crippen molar-refractivity contribution < 1.29 is 47.1 Å². The second kappa shape index (κ2) is 40.0. The lowest BCUT2D eigenvalue weighted by Gasteiger charge is -2.18. The molecule has 0 radical (unpaired) electrons. The number of nitrogens with zero attached hydrogens (tertiary/aromatic N) is 12. The first-order valence-electron chi connectivity index (χ1n) is 37.4. The van der Waals surface area contributed by atoms with Crippen LogP contribution in [0.1, 0.15) is 95.0 Å². The van der Waals surface area contributed by atoms with Gasteiger partial charge in [-0.2, -0.15) is 26.3 Å². The number of alkyl halides is 1. The maximum absolute atomic E-state index is 12.0. The van der Waals surface area contributed by atoms with Gasteiger partial charge in [-0.1, -0.05) is 23.8 Å². The number of nitriles is 5. The van der Waals surface area contributed by atoms with E-state index in [1.54, 1.807) is 132 Å². The van der Waals surface area contributed by atoms with Gasteiger partial charge in [0.1, 0.15) is 76.2 Å². The number of aromatic nitrogens is 5. The number of carbonyl (C=O) groups excluding carboxylic acids is 1. The first-order chi connectivity index (χ1) is 58.4. The number of hydrogen-bond donors (Lipinski definition) is 4. The smallest absolute Gasteiger partial charge is 0.319 e. The lowest BCUT2D eigenvalue weighted by Crippen LogP contribution is -2.30. The molecule has 29 heteroatoms. The van der Waals surface area contributed by atoms with E-state index >= 15 is 0 Å². The van der Waals surface area contributed by atoms with Crippen molar-refractivity contribution in [2.75, 3.05) is 63.3 Å². The van der Waals surface area contributed by atoms with Crippen LogP contribution in [0, 0.1) is 119 Å². The molecule has 5 heterocycles. The highest BCUT2D eigenvalue weighted by molar-refractivity contribution is 7.92. The molecule has 4 N–H and O–H groups in total. The summed E-state index contributed by atoms with van der Waals surface area (Å²) in [6.07, 6.45) is 1.68. The Hall–Kier alpha value is -16.1. The molecule has 0 saturated heterocycles. The van der Waals surface area contributed by atoms with Crippen molar-refractivity contribution in [3.05, 3.63) is 282 Å². The van der Waals surface area contributed by atoms with Crippen LogP contribution in [0.3, 0.4) is 0 Å². The number of H-pyrrole nitrogens is 1. The minimum atomic E-state index is -3.31. The van der Waals surface area contributed by atoms with Gasteiger partial charge in [0, 0.05) is 148 Å². The van der Waals surface area contributed by atoms with Crippen LogP contribution in [-0.4, -0.2) is 106 Å². The van der Waals surface area contributed by atoms with E-state index in [1.807, 2.05) is 119 Å². The van der Waals surface area contributed by atoms with Crippen LogP contribution < -0.4 is 33.9 Å². The fourth-order valence-electron chi connectivity index (χ4n) is 13.1. The van der Waals surface area contributed by atoms with E-state index in [1.165, 1.54) is 35.6 Å². The number of ether oxygens (including phenoxy) is 4.